The van der Waals surface area contributed by atoms with Crippen molar-refractivity contribution in [3.8, 4) is 0 Å². The number of anilines is 1. The molecule has 2 unspecified atom stereocenters. The Morgan fingerprint density at radius 2 is 2.07 bits per heavy atom. The third-order valence-electron chi connectivity index (χ3n) is 5.45. The smallest absolute Gasteiger partial charge is 0.205 e. The number of guanidine groups is 1. The van der Waals surface area contributed by atoms with Gasteiger partial charge in [-0.2, -0.15) is 4.37 Å². The number of hydrogen-bond donors (Lipinski definition) is 1. The number of aromatic nitrogens is 2. The number of piperazine rings is 1. The number of hydrogen-bond acceptors (Lipinski definition) is 7. The van der Waals surface area contributed by atoms with Crippen molar-refractivity contribution < 1.29 is 4.74 Å². The summed E-state index contributed by atoms with van der Waals surface area (Å²) in [6.07, 6.45) is 0.896. The molecule has 28 heavy (non-hydrogen) atoms. The molecule has 1 aromatic rings. The Hall–Kier alpha value is -1.45. The maximum absolute atomic E-state index is 5.57. The highest BCUT2D eigenvalue weighted by Gasteiger charge is 2.25. The molecule has 2 saturated heterocycles. The monoisotopic (exact) mass is 409 g/mol. The molecule has 2 aliphatic heterocycles. The van der Waals surface area contributed by atoms with Gasteiger partial charge in [-0.15, -0.1) is 0 Å². The molecule has 1 aromatic heterocycles. The summed E-state index contributed by atoms with van der Waals surface area (Å²) < 4.78 is 9.98. The molecule has 3 rings (SSSR count). The van der Waals surface area contributed by atoms with Crippen LogP contribution in [0.4, 0.5) is 5.13 Å². The summed E-state index contributed by atoms with van der Waals surface area (Å²) in [6, 6.07) is 0.882. The Balaban J connectivity index is 1.55. The fourth-order valence-corrected chi connectivity index (χ4v) is 4.57. The Bertz CT molecular complexity index is 630. The average Bonchev–Trinajstić information content (AvgIpc) is 3.21. The van der Waals surface area contributed by atoms with Crippen molar-refractivity contribution in [2.24, 2.45) is 4.99 Å². The third kappa shape index (κ3) is 5.33. The zero-order chi connectivity index (χ0) is 19.9. The van der Waals surface area contributed by atoms with Gasteiger partial charge in [-0.1, -0.05) is 6.92 Å². The van der Waals surface area contributed by atoms with E-state index in [9.17, 15) is 0 Å². The fourth-order valence-electron chi connectivity index (χ4n) is 3.77. The SMILES string of the molecule is CCNC(=NCC(C)N1CCOCC1C)N1CCN(c2nc(CC)ns2)CC1. The lowest BCUT2D eigenvalue weighted by Gasteiger charge is -2.38. The van der Waals surface area contributed by atoms with Gasteiger partial charge in [0.25, 0.3) is 0 Å². The lowest BCUT2D eigenvalue weighted by molar-refractivity contribution is -0.0166. The lowest BCUT2D eigenvalue weighted by atomic mass is 10.2. The molecule has 0 aromatic carbocycles. The minimum atomic E-state index is 0.419. The molecule has 2 fully saturated rings. The van der Waals surface area contributed by atoms with Gasteiger partial charge < -0.3 is 19.9 Å². The summed E-state index contributed by atoms with van der Waals surface area (Å²) in [5.74, 6) is 1.98. The molecular weight excluding hydrogens is 374 g/mol. The topological polar surface area (TPSA) is 69.1 Å². The molecule has 9 heteroatoms. The van der Waals surface area contributed by atoms with Gasteiger partial charge in [0.2, 0.25) is 5.13 Å². The summed E-state index contributed by atoms with van der Waals surface area (Å²) in [6.45, 7) is 16.9. The molecule has 0 aliphatic carbocycles. The van der Waals surface area contributed by atoms with Crippen LogP contribution in [-0.2, 0) is 11.2 Å². The minimum absolute atomic E-state index is 0.419. The number of rotatable bonds is 6. The first-order chi connectivity index (χ1) is 13.6. The van der Waals surface area contributed by atoms with Crippen LogP contribution in [0.15, 0.2) is 4.99 Å². The van der Waals surface area contributed by atoms with E-state index in [0.717, 1.165) is 82.4 Å². The van der Waals surface area contributed by atoms with E-state index in [1.54, 1.807) is 0 Å². The first-order valence-corrected chi connectivity index (χ1v) is 11.3. The Morgan fingerprint density at radius 3 is 2.71 bits per heavy atom. The number of nitrogens with zero attached hydrogens (tertiary/aromatic N) is 6. The van der Waals surface area contributed by atoms with Crippen molar-refractivity contribution in [1.82, 2.24) is 24.5 Å². The maximum Gasteiger partial charge on any atom is 0.205 e. The molecule has 0 amide bonds. The van der Waals surface area contributed by atoms with Crippen LogP contribution >= 0.6 is 11.5 Å². The Labute approximate surface area is 173 Å². The zero-order valence-corrected chi connectivity index (χ0v) is 18.5. The maximum atomic E-state index is 5.57. The van der Waals surface area contributed by atoms with Crippen molar-refractivity contribution in [2.75, 3.05) is 63.9 Å². The van der Waals surface area contributed by atoms with Crippen molar-refractivity contribution in [3.63, 3.8) is 0 Å². The van der Waals surface area contributed by atoms with E-state index >= 15 is 0 Å². The molecule has 0 spiro atoms. The molecule has 2 atom stereocenters. The van der Waals surface area contributed by atoms with Crippen molar-refractivity contribution >= 4 is 22.6 Å². The molecular formula is C19H35N7OS. The molecule has 8 nitrogen and oxygen atoms in total. The Kier molecular flexibility index (Phi) is 7.87. The number of aliphatic imine (C=N–C) groups is 1. The molecule has 1 N–H and O–H groups in total. The van der Waals surface area contributed by atoms with Crippen LogP contribution in [0, 0.1) is 0 Å². The molecule has 158 valence electrons. The van der Waals surface area contributed by atoms with Crippen LogP contribution in [-0.4, -0.2) is 96.2 Å². The van der Waals surface area contributed by atoms with Crippen molar-refractivity contribution in [2.45, 2.75) is 46.2 Å². The number of morpholine rings is 1. The largest absolute Gasteiger partial charge is 0.379 e. The predicted molar refractivity (Wildman–Crippen MR) is 116 cm³/mol. The molecule has 0 bridgehead atoms. The highest BCUT2D eigenvalue weighted by molar-refractivity contribution is 7.09. The highest BCUT2D eigenvalue weighted by atomic mass is 32.1. The standard InChI is InChI=1S/C19H35N7OS/c1-5-17-22-19(28-23-17)25-9-7-24(8-10-25)18(20-6-2)21-13-15(3)26-11-12-27-14-16(26)4/h15-16H,5-14H2,1-4H3,(H,20,21). The highest BCUT2D eigenvalue weighted by Crippen LogP contribution is 2.19. The second-order valence-electron chi connectivity index (χ2n) is 7.53. The summed E-state index contributed by atoms with van der Waals surface area (Å²) in [4.78, 5) is 16.8. The summed E-state index contributed by atoms with van der Waals surface area (Å²) in [7, 11) is 0. The molecule has 0 saturated carbocycles. The lowest BCUT2D eigenvalue weighted by Crippen LogP contribution is -2.53. The number of nitrogens with one attached hydrogen (secondary N) is 1. The zero-order valence-electron chi connectivity index (χ0n) is 17.7. The van der Waals surface area contributed by atoms with Crippen LogP contribution < -0.4 is 10.2 Å². The average molecular weight is 410 g/mol. The first-order valence-electron chi connectivity index (χ1n) is 10.6. The molecule has 2 aliphatic rings. The number of aryl methyl sites for hydroxylation is 1. The van der Waals surface area contributed by atoms with E-state index in [-0.39, 0.29) is 0 Å². The second kappa shape index (κ2) is 10.4. The van der Waals surface area contributed by atoms with E-state index in [4.69, 9.17) is 9.73 Å². The van der Waals surface area contributed by atoms with Crippen LogP contribution in [0.5, 0.6) is 0 Å². The van der Waals surface area contributed by atoms with E-state index in [1.807, 2.05) is 0 Å². The second-order valence-corrected chi connectivity index (χ2v) is 8.26. The van der Waals surface area contributed by atoms with Gasteiger partial charge in [0.15, 0.2) is 5.96 Å². The van der Waals surface area contributed by atoms with Crippen LogP contribution in [0.25, 0.3) is 0 Å². The summed E-state index contributed by atoms with van der Waals surface area (Å²) >= 11 is 1.52. The van der Waals surface area contributed by atoms with Crippen LogP contribution in [0.2, 0.25) is 0 Å². The van der Waals surface area contributed by atoms with Gasteiger partial charge in [-0.3, -0.25) is 9.89 Å². The summed E-state index contributed by atoms with van der Waals surface area (Å²) in [5, 5.41) is 4.53. The minimum Gasteiger partial charge on any atom is -0.379 e. The van der Waals surface area contributed by atoms with Crippen molar-refractivity contribution in [1.29, 1.82) is 0 Å². The van der Waals surface area contributed by atoms with Gasteiger partial charge in [-0.05, 0) is 20.8 Å². The third-order valence-corrected chi connectivity index (χ3v) is 6.26. The quantitative estimate of drug-likeness (QED) is 0.561. The van der Waals surface area contributed by atoms with Gasteiger partial charge in [0.1, 0.15) is 5.82 Å². The predicted octanol–water partition coefficient (Wildman–Crippen LogP) is 1.30. The van der Waals surface area contributed by atoms with Crippen LogP contribution in [0.3, 0.4) is 0 Å². The van der Waals surface area contributed by atoms with Gasteiger partial charge in [0.05, 0.1) is 19.8 Å². The van der Waals surface area contributed by atoms with E-state index in [2.05, 4.69) is 57.1 Å². The molecule has 3 heterocycles. The van der Waals surface area contributed by atoms with Gasteiger partial charge in [-0.25, -0.2) is 4.98 Å². The summed E-state index contributed by atoms with van der Waals surface area (Å²) in [5.41, 5.74) is 0. The van der Waals surface area contributed by atoms with Crippen molar-refractivity contribution in [3.05, 3.63) is 5.82 Å². The fraction of sp³-hybridized carbons (Fsp3) is 0.842. The van der Waals surface area contributed by atoms with E-state index < -0.39 is 0 Å². The van der Waals surface area contributed by atoms with Crippen LogP contribution in [0.1, 0.15) is 33.5 Å². The van der Waals surface area contributed by atoms with E-state index in [0.29, 0.717) is 12.1 Å². The first kappa shape index (κ1) is 21.3. The van der Waals surface area contributed by atoms with Gasteiger partial charge >= 0.3 is 0 Å². The number of ether oxygens (including phenoxy) is 1. The Morgan fingerprint density at radius 1 is 1.29 bits per heavy atom. The van der Waals surface area contributed by atoms with E-state index in [1.165, 1.54) is 11.5 Å². The molecule has 0 radical (unpaired) electrons. The van der Waals surface area contributed by atoms with Gasteiger partial charge in [0, 0.05) is 69.3 Å². The normalized spacial score (nSPS) is 23.1.